The van der Waals surface area contributed by atoms with E-state index < -0.39 is 6.61 Å². The van der Waals surface area contributed by atoms with E-state index in [-0.39, 0.29) is 11.7 Å². The average Bonchev–Trinajstić information content (AvgIpc) is 2.54. The third kappa shape index (κ3) is 3.32. The topological polar surface area (TPSA) is 44.2 Å². The van der Waals surface area contributed by atoms with E-state index in [1.54, 1.807) is 42.5 Å². The Morgan fingerprint density at radius 3 is 2.61 bits per heavy atom. The Hall–Kier alpha value is -2.47. The summed E-state index contributed by atoms with van der Waals surface area (Å²) in [6.45, 7) is -2.99. The van der Waals surface area contributed by atoms with Crippen LogP contribution in [0.3, 0.4) is 0 Å². The van der Waals surface area contributed by atoms with Gasteiger partial charge in [0.1, 0.15) is 5.75 Å². The zero-order valence-corrected chi connectivity index (χ0v) is 12.7. The second kappa shape index (κ2) is 6.34. The minimum absolute atomic E-state index is 0.209. The molecule has 0 bridgehead atoms. The molecule has 0 aliphatic rings. The number of ether oxygens (including phenoxy) is 2. The smallest absolute Gasteiger partial charge is 0.388 e. The van der Waals surface area contributed by atoms with Crippen LogP contribution >= 0.6 is 11.6 Å². The van der Waals surface area contributed by atoms with Gasteiger partial charge in [-0.2, -0.15) is 13.8 Å². The maximum absolute atomic E-state index is 12.7. The second-order valence-electron chi connectivity index (χ2n) is 4.62. The lowest BCUT2D eigenvalue weighted by atomic mass is 10.2. The molecular formula is C16H11ClF2N2O2. The highest BCUT2D eigenvalue weighted by atomic mass is 35.5. The van der Waals surface area contributed by atoms with Crippen molar-refractivity contribution in [3.63, 3.8) is 0 Å². The fraction of sp³-hybridized carbons (Fsp3) is 0.125. The molecule has 0 saturated heterocycles. The minimum Gasteiger partial charge on any atom is -0.497 e. The number of hydrogen-bond acceptors (Lipinski definition) is 4. The maximum Gasteiger partial charge on any atom is 0.388 e. The van der Waals surface area contributed by atoms with Gasteiger partial charge in [0.25, 0.3) is 0 Å². The first-order chi connectivity index (χ1) is 11.1. The molecule has 0 aliphatic carbocycles. The van der Waals surface area contributed by atoms with E-state index in [0.29, 0.717) is 27.2 Å². The molecule has 1 heterocycles. The number of alkyl halides is 2. The molecule has 1 aromatic heterocycles. The molecule has 0 N–H and O–H groups in total. The van der Waals surface area contributed by atoms with Gasteiger partial charge in [0.2, 0.25) is 5.88 Å². The zero-order chi connectivity index (χ0) is 16.4. The average molecular weight is 337 g/mol. The first kappa shape index (κ1) is 15.4. The highest BCUT2D eigenvalue weighted by molar-refractivity contribution is 6.30. The number of benzene rings is 2. The normalized spacial score (nSPS) is 11.0. The molecule has 0 radical (unpaired) electrons. The lowest BCUT2D eigenvalue weighted by molar-refractivity contribution is -0.0516. The van der Waals surface area contributed by atoms with Gasteiger partial charge in [-0.1, -0.05) is 23.7 Å². The molecule has 0 spiro atoms. The predicted molar refractivity (Wildman–Crippen MR) is 83.2 cm³/mol. The van der Waals surface area contributed by atoms with Gasteiger partial charge >= 0.3 is 6.61 Å². The quantitative estimate of drug-likeness (QED) is 0.700. The van der Waals surface area contributed by atoms with Crippen LogP contribution in [0.5, 0.6) is 11.6 Å². The van der Waals surface area contributed by atoms with E-state index >= 15 is 0 Å². The van der Waals surface area contributed by atoms with E-state index in [1.807, 2.05) is 0 Å². The van der Waals surface area contributed by atoms with Gasteiger partial charge in [0.05, 0.1) is 18.0 Å². The molecule has 0 amide bonds. The Kier molecular flexibility index (Phi) is 4.25. The molecule has 7 heteroatoms. The summed E-state index contributed by atoms with van der Waals surface area (Å²) in [5, 5.41) is 0.840. The number of hydrogen-bond donors (Lipinski definition) is 0. The number of rotatable bonds is 4. The van der Waals surface area contributed by atoms with E-state index in [1.165, 1.54) is 7.11 Å². The number of fused-ring (bicyclic) bond motifs is 1. The van der Waals surface area contributed by atoms with Gasteiger partial charge in [-0.05, 0) is 30.3 Å². The van der Waals surface area contributed by atoms with Crippen LogP contribution < -0.4 is 9.47 Å². The van der Waals surface area contributed by atoms with Crippen molar-refractivity contribution in [1.29, 1.82) is 0 Å². The first-order valence-electron chi connectivity index (χ1n) is 6.63. The van der Waals surface area contributed by atoms with Crippen molar-refractivity contribution in [2.75, 3.05) is 7.11 Å². The van der Waals surface area contributed by atoms with Crippen molar-refractivity contribution in [2.24, 2.45) is 0 Å². The zero-order valence-electron chi connectivity index (χ0n) is 12.0. The molecule has 3 rings (SSSR count). The van der Waals surface area contributed by atoms with Crippen molar-refractivity contribution in [3.05, 3.63) is 47.5 Å². The molecular weight excluding hydrogens is 326 g/mol. The van der Waals surface area contributed by atoms with Gasteiger partial charge in [0, 0.05) is 10.6 Å². The van der Waals surface area contributed by atoms with Crippen LogP contribution in [0, 0.1) is 0 Å². The summed E-state index contributed by atoms with van der Waals surface area (Å²) < 4.78 is 35.0. The molecule has 2 aromatic carbocycles. The van der Waals surface area contributed by atoms with E-state index in [9.17, 15) is 8.78 Å². The maximum atomic E-state index is 12.7. The van der Waals surface area contributed by atoms with Crippen LogP contribution in [0.15, 0.2) is 42.5 Å². The number of halogens is 3. The molecule has 4 nitrogen and oxygen atoms in total. The lowest BCUT2D eigenvalue weighted by Gasteiger charge is -2.10. The van der Waals surface area contributed by atoms with E-state index in [4.69, 9.17) is 16.3 Å². The van der Waals surface area contributed by atoms with Crippen molar-refractivity contribution in [2.45, 2.75) is 6.61 Å². The third-order valence-electron chi connectivity index (χ3n) is 3.15. The van der Waals surface area contributed by atoms with Crippen LogP contribution in [0.1, 0.15) is 0 Å². The fourth-order valence-corrected chi connectivity index (χ4v) is 2.33. The fourth-order valence-electron chi connectivity index (χ4n) is 2.14. The summed E-state index contributed by atoms with van der Waals surface area (Å²) in [6, 6.07) is 11.7. The molecule has 23 heavy (non-hydrogen) atoms. The number of nitrogens with zero attached hydrogens (tertiary/aromatic N) is 2. The van der Waals surface area contributed by atoms with Crippen molar-refractivity contribution < 1.29 is 18.3 Å². The minimum atomic E-state index is -2.99. The van der Waals surface area contributed by atoms with Crippen molar-refractivity contribution in [3.8, 4) is 23.0 Å². The molecule has 0 atom stereocenters. The monoisotopic (exact) mass is 336 g/mol. The number of aromatic nitrogens is 2. The van der Waals surface area contributed by atoms with Gasteiger partial charge < -0.3 is 9.47 Å². The number of methoxy groups -OCH3 is 1. The predicted octanol–water partition coefficient (Wildman–Crippen LogP) is 4.56. The highest BCUT2D eigenvalue weighted by Crippen LogP contribution is 2.31. The van der Waals surface area contributed by atoms with Crippen LogP contribution in [0.2, 0.25) is 5.02 Å². The van der Waals surface area contributed by atoms with Crippen molar-refractivity contribution in [1.82, 2.24) is 9.97 Å². The molecule has 0 aliphatic heterocycles. The Balaban J connectivity index is 2.21. The SMILES string of the molecule is COc1ccc2nc(-c3cccc(Cl)c3)nc(OC(F)F)c2c1. The highest BCUT2D eigenvalue weighted by Gasteiger charge is 2.15. The molecule has 0 fully saturated rings. The summed E-state index contributed by atoms with van der Waals surface area (Å²) in [4.78, 5) is 8.48. The van der Waals surface area contributed by atoms with Crippen LogP contribution in [-0.2, 0) is 0 Å². The van der Waals surface area contributed by atoms with Gasteiger partial charge in [-0.3, -0.25) is 0 Å². The third-order valence-corrected chi connectivity index (χ3v) is 3.39. The summed E-state index contributed by atoms with van der Waals surface area (Å²) in [7, 11) is 1.48. The molecule has 0 unspecified atom stereocenters. The van der Waals surface area contributed by atoms with Crippen LogP contribution in [0.25, 0.3) is 22.3 Å². The summed E-state index contributed by atoms with van der Waals surface area (Å²) in [5.74, 6) is 0.537. The second-order valence-corrected chi connectivity index (χ2v) is 5.06. The molecule has 3 aromatic rings. The van der Waals surface area contributed by atoms with E-state index in [2.05, 4.69) is 14.7 Å². The lowest BCUT2D eigenvalue weighted by Crippen LogP contribution is -2.06. The Morgan fingerprint density at radius 2 is 1.91 bits per heavy atom. The Morgan fingerprint density at radius 1 is 1.09 bits per heavy atom. The van der Waals surface area contributed by atoms with Crippen LogP contribution in [-0.4, -0.2) is 23.7 Å². The Bertz CT molecular complexity index is 859. The largest absolute Gasteiger partial charge is 0.497 e. The summed E-state index contributed by atoms with van der Waals surface area (Å²) in [6.07, 6.45) is 0. The summed E-state index contributed by atoms with van der Waals surface area (Å²) >= 11 is 5.95. The van der Waals surface area contributed by atoms with Gasteiger partial charge in [0.15, 0.2) is 5.82 Å². The van der Waals surface area contributed by atoms with Gasteiger partial charge in [-0.25, -0.2) is 4.98 Å². The van der Waals surface area contributed by atoms with Crippen molar-refractivity contribution >= 4 is 22.5 Å². The standard InChI is InChI=1S/C16H11ClF2N2O2/c1-22-11-5-6-13-12(8-11)15(23-16(18)19)21-14(20-13)9-3-2-4-10(17)7-9/h2-8,16H,1H3. The molecule has 118 valence electrons. The van der Waals surface area contributed by atoms with Gasteiger partial charge in [-0.15, -0.1) is 0 Å². The summed E-state index contributed by atoms with van der Waals surface area (Å²) in [5.41, 5.74) is 1.07. The molecule has 0 saturated carbocycles. The van der Waals surface area contributed by atoms with E-state index in [0.717, 1.165) is 0 Å². The first-order valence-corrected chi connectivity index (χ1v) is 7.01. The van der Waals surface area contributed by atoms with Crippen LogP contribution in [0.4, 0.5) is 8.78 Å². The Labute approximate surface area is 135 Å².